The normalized spacial score (nSPS) is 18.8. The third-order valence-electron chi connectivity index (χ3n) is 4.25. The lowest BCUT2D eigenvalue weighted by molar-refractivity contribution is 0.460. The van der Waals surface area contributed by atoms with Crippen molar-refractivity contribution in [2.45, 2.75) is 6.54 Å². The average molecular weight is 357 g/mol. The van der Waals surface area contributed by atoms with Crippen LogP contribution in [0.25, 0.3) is 0 Å². The molecular formula is C19H16ClFN3O+. The van der Waals surface area contributed by atoms with Crippen LogP contribution in [-0.4, -0.2) is 16.6 Å². The van der Waals surface area contributed by atoms with E-state index in [4.69, 9.17) is 16.3 Å². The van der Waals surface area contributed by atoms with Gasteiger partial charge in [0, 0.05) is 17.2 Å². The van der Waals surface area contributed by atoms with Crippen LogP contribution < -0.4 is 9.22 Å². The van der Waals surface area contributed by atoms with Gasteiger partial charge >= 0.3 is 5.95 Å². The van der Waals surface area contributed by atoms with E-state index in [9.17, 15) is 4.39 Å². The third kappa shape index (κ3) is 2.92. The molecule has 6 heteroatoms. The van der Waals surface area contributed by atoms with Crippen molar-refractivity contribution in [3.05, 3.63) is 77.8 Å². The van der Waals surface area contributed by atoms with Crippen LogP contribution in [0.1, 0.15) is 0 Å². The van der Waals surface area contributed by atoms with Gasteiger partial charge in [0.25, 0.3) is 0 Å². The zero-order valence-corrected chi connectivity index (χ0v) is 14.3. The Morgan fingerprint density at radius 2 is 1.84 bits per heavy atom. The number of hydrogen-bond donors (Lipinski definition) is 0. The fraction of sp³-hybridized carbons (Fsp3) is 0.105. The Morgan fingerprint density at radius 1 is 1.12 bits per heavy atom. The second kappa shape index (κ2) is 6.02. The van der Waals surface area contributed by atoms with Gasteiger partial charge in [-0.05, 0) is 42.5 Å². The predicted octanol–water partition coefficient (Wildman–Crippen LogP) is 5.26. The molecule has 0 aliphatic carbocycles. The van der Waals surface area contributed by atoms with Gasteiger partial charge in [-0.15, -0.1) is 4.98 Å². The molecule has 0 saturated heterocycles. The highest BCUT2D eigenvalue weighted by molar-refractivity contribution is 6.30. The number of quaternary nitrogens is 1. The number of halogens is 2. The van der Waals surface area contributed by atoms with Gasteiger partial charge in [-0.1, -0.05) is 11.6 Å². The first kappa shape index (κ1) is 15.9. The maximum absolute atomic E-state index is 13.0. The summed E-state index contributed by atoms with van der Waals surface area (Å²) in [6, 6.07) is 13.6. The highest BCUT2D eigenvalue weighted by Gasteiger charge is 2.34. The molecule has 0 amide bonds. The summed E-state index contributed by atoms with van der Waals surface area (Å²) in [5, 5.41) is 0.694. The smallest absolute Gasteiger partial charge is 0.322 e. The molecule has 1 aromatic heterocycles. The fourth-order valence-corrected chi connectivity index (χ4v) is 3.08. The first-order valence-corrected chi connectivity index (χ1v) is 8.24. The van der Waals surface area contributed by atoms with Gasteiger partial charge in [0.2, 0.25) is 5.88 Å². The number of allylic oxidation sites excluding steroid dienone is 1. The zero-order valence-electron chi connectivity index (χ0n) is 13.6. The lowest BCUT2D eigenvalue weighted by Gasteiger charge is -2.30. The van der Waals surface area contributed by atoms with E-state index in [2.05, 4.69) is 24.3 Å². The van der Waals surface area contributed by atoms with Gasteiger partial charge in [-0.25, -0.2) is 8.87 Å². The lowest BCUT2D eigenvalue weighted by atomic mass is 10.2. The standard InChI is InChI=1S/C19H16ClFN3O/c1-24(16-7-3-14(20)4-8-16)12-2-11-23-13-18(22-19(23)24)25-17-9-5-15(21)6-10-17/h2-10,12-13H,11H2,1H3/q+1. The van der Waals surface area contributed by atoms with Gasteiger partial charge in [-0.3, -0.25) is 4.57 Å². The first-order valence-electron chi connectivity index (χ1n) is 7.86. The minimum atomic E-state index is -0.298. The highest BCUT2D eigenvalue weighted by atomic mass is 35.5. The molecule has 0 bridgehead atoms. The van der Waals surface area contributed by atoms with Crippen LogP contribution in [-0.2, 0) is 6.54 Å². The molecule has 0 saturated carbocycles. The number of nitrogens with zero attached hydrogens (tertiary/aromatic N) is 3. The van der Waals surface area contributed by atoms with Crippen LogP contribution in [0.5, 0.6) is 11.6 Å². The summed E-state index contributed by atoms with van der Waals surface area (Å²) >= 11 is 6.01. The highest BCUT2D eigenvalue weighted by Crippen LogP contribution is 2.37. The van der Waals surface area contributed by atoms with Crippen molar-refractivity contribution in [3.63, 3.8) is 0 Å². The van der Waals surface area contributed by atoms with Gasteiger partial charge < -0.3 is 4.74 Å². The van der Waals surface area contributed by atoms with Crippen molar-refractivity contribution in [2.75, 3.05) is 7.05 Å². The van der Waals surface area contributed by atoms with E-state index in [1.165, 1.54) is 12.1 Å². The molecule has 1 aliphatic rings. The second-order valence-electron chi connectivity index (χ2n) is 6.02. The van der Waals surface area contributed by atoms with Crippen LogP contribution in [0.2, 0.25) is 5.02 Å². The van der Waals surface area contributed by atoms with Crippen LogP contribution in [0.4, 0.5) is 16.0 Å². The van der Waals surface area contributed by atoms with Crippen LogP contribution in [0, 0.1) is 5.82 Å². The van der Waals surface area contributed by atoms with Crippen molar-refractivity contribution < 1.29 is 9.13 Å². The van der Waals surface area contributed by atoms with Crippen molar-refractivity contribution in [1.29, 1.82) is 0 Å². The van der Waals surface area contributed by atoms with E-state index >= 15 is 0 Å². The Morgan fingerprint density at radius 3 is 2.56 bits per heavy atom. The molecular weight excluding hydrogens is 341 g/mol. The Kier molecular flexibility index (Phi) is 3.82. The Bertz CT molecular complexity index is 934. The molecule has 3 aromatic rings. The molecule has 1 atom stereocenters. The predicted molar refractivity (Wildman–Crippen MR) is 96.7 cm³/mol. The molecule has 1 unspecified atom stereocenters. The van der Waals surface area contributed by atoms with Crippen molar-refractivity contribution >= 4 is 23.2 Å². The van der Waals surface area contributed by atoms with E-state index in [-0.39, 0.29) is 5.82 Å². The summed E-state index contributed by atoms with van der Waals surface area (Å²) < 4.78 is 21.3. The second-order valence-corrected chi connectivity index (χ2v) is 6.46. The molecule has 0 spiro atoms. The molecule has 2 aromatic carbocycles. The van der Waals surface area contributed by atoms with Crippen LogP contribution >= 0.6 is 11.6 Å². The van der Waals surface area contributed by atoms with Gasteiger partial charge in [0.1, 0.15) is 23.5 Å². The summed E-state index contributed by atoms with van der Waals surface area (Å²) in [5.41, 5.74) is 1.04. The van der Waals surface area contributed by atoms with Gasteiger partial charge in [0.15, 0.2) is 0 Å². The molecule has 4 rings (SSSR count). The molecule has 0 N–H and O–H groups in total. The molecule has 4 nitrogen and oxygen atoms in total. The molecule has 0 radical (unpaired) electrons. The quantitative estimate of drug-likeness (QED) is 0.598. The largest absolute Gasteiger partial charge is 0.437 e. The molecule has 2 heterocycles. The maximum Gasteiger partial charge on any atom is 0.322 e. The van der Waals surface area contributed by atoms with Crippen molar-refractivity contribution in [3.8, 4) is 11.6 Å². The van der Waals surface area contributed by atoms with Gasteiger partial charge in [-0.2, -0.15) is 0 Å². The molecule has 126 valence electrons. The average Bonchev–Trinajstić information content (AvgIpc) is 3.02. The Balaban J connectivity index is 1.69. The minimum absolute atomic E-state index is 0.298. The molecule has 0 fully saturated rings. The van der Waals surface area contributed by atoms with Crippen molar-refractivity contribution in [1.82, 2.24) is 14.0 Å². The summed E-state index contributed by atoms with van der Waals surface area (Å²) in [6.07, 6.45) is 6.03. The third-order valence-corrected chi connectivity index (χ3v) is 4.51. The Labute approximate surface area is 150 Å². The first-order chi connectivity index (χ1) is 12.0. The number of fused-ring (bicyclic) bond motifs is 1. The molecule has 1 aliphatic heterocycles. The van der Waals surface area contributed by atoms with E-state index in [0.717, 1.165) is 18.2 Å². The number of ether oxygens (including phenoxy) is 1. The summed E-state index contributed by atoms with van der Waals surface area (Å²) in [6.45, 7) is 0.719. The number of hydrogen-bond acceptors (Lipinski definition) is 2. The number of imidazole rings is 1. The van der Waals surface area contributed by atoms with E-state index < -0.39 is 0 Å². The van der Waals surface area contributed by atoms with Crippen LogP contribution in [0.3, 0.4) is 0 Å². The fourth-order valence-electron chi connectivity index (χ4n) is 2.95. The van der Waals surface area contributed by atoms with E-state index in [1.54, 1.807) is 12.1 Å². The number of aromatic nitrogens is 2. The minimum Gasteiger partial charge on any atom is -0.437 e. The summed E-state index contributed by atoms with van der Waals surface area (Å²) in [5.74, 6) is 1.56. The van der Waals surface area contributed by atoms with E-state index in [1.807, 2.05) is 35.0 Å². The lowest BCUT2D eigenvalue weighted by Crippen LogP contribution is -2.38. The number of benzene rings is 2. The van der Waals surface area contributed by atoms with Gasteiger partial charge in [0.05, 0.1) is 19.8 Å². The number of rotatable bonds is 3. The van der Waals surface area contributed by atoms with Crippen LogP contribution in [0.15, 0.2) is 67.0 Å². The monoisotopic (exact) mass is 356 g/mol. The molecule has 25 heavy (non-hydrogen) atoms. The topological polar surface area (TPSA) is 27.1 Å². The summed E-state index contributed by atoms with van der Waals surface area (Å²) in [4.78, 5) is 4.66. The Hall–Kier alpha value is -2.63. The van der Waals surface area contributed by atoms with Crippen molar-refractivity contribution in [2.24, 2.45) is 0 Å². The van der Waals surface area contributed by atoms with E-state index in [0.29, 0.717) is 21.1 Å². The zero-order chi connectivity index (χ0) is 17.4. The maximum atomic E-state index is 13.0. The SMILES string of the molecule is C[N+]1(c2ccc(Cl)cc2)C=CCn2cc(Oc3ccc(F)cc3)nc21. The summed E-state index contributed by atoms with van der Waals surface area (Å²) in [7, 11) is 2.05.